The number of hydrogen-bond donors (Lipinski definition) is 1. The molecule has 0 fully saturated rings. The molecule has 0 unspecified atom stereocenters. The minimum atomic E-state index is 1.10. The van der Waals surface area contributed by atoms with Crippen LogP contribution in [0.3, 0.4) is 0 Å². The summed E-state index contributed by atoms with van der Waals surface area (Å²) in [4.78, 5) is 0. The molecule has 0 bridgehead atoms. The van der Waals surface area contributed by atoms with E-state index < -0.39 is 0 Å². The molecule has 0 saturated carbocycles. The highest BCUT2D eigenvalue weighted by Crippen LogP contribution is 2.21. The summed E-state index contributed by atoms with van der Waals surface area (Å²) in [7, 11) is 1.94. The fourth-order valence-electron chi connectivity index (χ4n) is 1.76. The Labute approximate surface area is 117 Å². The van der Waals surface area contributed by atoms with E-state index >= 15 is 0 Å². The molecule has 2 aromatic carbocycles. The van der Waals surface area contributed by atoms with E-state index in [9.17, 15) is 0 Å². The highest BCUT2D eigenvalue weighted by atomic mass is 14.8. The summed E-state index contributed by atoms with van der Waals surface area (Å²) in [5.41, 5.74) is 5.08. The Bertz CT molecular complexity index is 435. The van der Waals surface area contributed by atoms with E-state index in [0.29, 0.717) is 0 Å². The van der Waals surface area contributed by atoms with Crippen LogP contribution in [0.1, 0.15) is 19.4 Å². The van der Waals surface area contributed by atoms with E-state index in [4.69, 9.17) is 0 Å². The Morgan fingerprint density at radius 3 is 1.74 bits per heavy atom. The first kappa shape index (κ1) is 15.0. The number of hydrogen-bond acceptors (Lipinski definition) is 1. The molecule has 0 atom stereocenters. The van der Waals surface area contributed by atoms with Gasteiger partial charge in [-0.05, 0) is 42.2 Å². The number of benzene rings is 2. The third-order valence-electron chi connectivity index (χ3n) is 2.87. The van der Waals surface area contributed by atoms with Gasteiger partial charge in [-0.3, -0.25) is 0 Å². The first-order chi connectivity index (χ1) is 9.24. The largest absolute Gasteiger partial charge is 0.388 e. The molecule has 0 spiro atoms. The van der Waals surface area contributed by atoms with Gasteiger partial charge in [-0.15, -0.1) is 6.58 Å². The van der Waals surface area contributed by atoms with Crippen LogP contribution in [0.15, 0.2) is 61.2 Å². The minimum Gasteiger partial charge on any atom is -0.388 e. The van der Waals surface area contributed by atoms with Gasteiger partial charge in [-0.1, -0.05) is 49.4 Å². The molecule has 1 nitrogen and oxygen atoms in total. The van der Waals surface area contributed by atoms with Crippen molar-refractivity contribution in [1.29, 1.82) is 0 Å². The molecule has 2 aromatic rings. The topological polar surface area (TPSA) is 12.0 Å². The van der Waals surface area contributed by atoms with Crippen LogP contribution in [0.4, 0.5) is 5.69 Å². The highest BCUT2D eigenvalue weighted by Gasteiger charge is 1.97. The standard InChI is InChI=1S/C15H17N.C3H6/c1-3-12-4-6-13(7-5-12)14-8-10-15(16-2)11-9-14;1-3-2/h4-11,16H,3H2,1-2H3;3H,1H2,2H3. The summed E-state index contributed by atoms with van der Waals surface area (Å²) in [6.45, 7) is 7.43. The molecule has 0 aromatic heterocycles. The fraction of sp³-hybridized carbons (Fsp3) is 0.222. The summed E-state index contributed by atoms with van der Waals surface area (Å²) >= 11 is 0. The summed E-state index contributed by atoms with van der Waals surface area (Å²) in [6.07, 6.45) is 2.85. The predicted octanol–water partition coefficient (Wildman–Crippen LogP) is 5.15. The molecule has 2 rings (SSSR count). The molecule has 19 heavy (non-hydrogen) atoms. The van der Waals surface area contributed by atoms with E-state index in [0.717, 1.165) is 12.1 Å². The van der Waals surface area contributed by atoms with Gasteiger partial charge in [-0.25, -0.2) is 0 Å². The number of rotatable bonds is 3. The van der Waals surface area contributed by atoms with Gasteiger partial charge in [0, 0.05) is 12.7 Å². The van der Waals surface area contributed by atoms with Gasteiger partial charge in [0.15, 0.2) is 0 Å². The van der Waals surface area contributed by atoms with Gasteiger partial charge in [0.2, 0.25) is 0 Å². The summed E-state index contributed by atoms with van der Waals surface area (Å²) in [6, 6.07) is 17.3. The molecular weight excluding hydrogens is 230 g/mol. The molecule has 0 heterocycles. The van der Waals surface area contributed by atoms with Crippen LogP contribution in [-0.4, -0.2) is 7.05 Å². The van der Waals surface area contributed by atoms with E-state index in [1.54, 1.807) is 6.08 Å². The Hall–Kier alpha value is -2.02. The molecule has 1 N–H and O–H groups in total. The van der Waals surface area contributed by atoms with E-state index in [1.165, 1.54) is 16.7 Å². The maximum atomic E-state index is 3.36. The predicted molar refractivity (Wildman–Crippen MR) is 86.7 cm³/mol. The Balaban J connectivity index is 0.000000550. The van der Waals surface area contributed by atoms with Crippen LogP contribution in [-0.2, 0) is 6.42 Å². The van der Waals surface area contributed by atoms with Crippen LogP contribution < -0.4 is 5.32 Å². The van der Waals surface area contributed by atoms with Crippen LogP contribution in [0.2, 0.25) is 0 Å². The zero-order chi connectivity index (χ0) is 14.1. The molecule has 0 radical (unpaired) electrons. The van der Waals surface area contributed by atoms with Crippen LogP contribution in [0.25, 0.3) is 11.1 Å². The van der Waals surface area contributed by atoms with Crippen molar-refractivity contribution >= 4 is 5.69 Å². The van der Waals surface area contributed by atoms with Crippen molar-refractivity contribution in [3.8, 4) is 11.1 Å². The second-order valence-corrected chi connectivity index (χ2v) is 4.29. The Morgan fingerprint density at radius 1 is 0.947 bits per heavy atom. The third-order valence-corrected chi connectivity index (χ3v) is 2.87. The van der Waals surface area contributed by atoms with Gasteiger partial charge in [0.1, 0.15) is 0 Å². The average Bonchev–Trinajstić information content (AvgIpc) is 2.48. The molecular formula is C18H23N. The van der Waals surface area contributed by atoms with E-state index in [2.05, 4.69) is 67.4 Å². The monoisotopic (exact) mass is 253 g/mol. The van der Waals surface area contributed by atoms with E-state index in [-0.39, 0.29) is 0 Å². The minimum absolute atomic E-state index is 1.10. The van der Waals surface area contributed by atoms with Crippen molar-refractivity contribution in [2.45, 2.75) is 20.3 Å². The molecule has 100 valence electrons. The maximum absolute atomic E-state index is 3.36. The maximum Gasteiger partial charge on any atom is 0.0337 e. The molecule has 0 saturated heterocycles. The second kappa shape index (κ2) is 8.15. The lowest BCUT2D eigenvalue weighted by atomic mass is 10.0. The molecule has 0 aliphatic rings. The van der Waals surface area contributed by atoms with Gasteiger partial charge in [0.05, 0.1) is 0 Å². The van der Waals surface area contributed by atoms with Crippen molar-refractivity contribution in [2.75, 3.05) is 12.4 Å². The van der Waals surface area contributed by atoms with Crippen molar-refractivity contribution in [3.05, 3.63) is 66.7 Å². The van der Waals surface area contributed by atoms with E-state index in [1.807, 2.05) is 14.0 Å². The zero-order valence-electron chi connectivity index (χ0n) is 12.1. The first-order valence-electron chi connectivity index (χ1n) is 6.69. The van der Waals surface area contributed by atoms with Crippen molar-refractivity contribution in [3.63, 3.8) is 0 Å². The number of anilines is 1. The fourth-order valence-corrected chi connectivity index (χ4v) is 1.76. The van der Waals surface area contributed by atoms with Gasteiger partial charge in [-0.2, -0.15) is 0 Å². The lowest BCUT2D eigenvalue weighted by Gasteiger charge is -2.05. The highest BCUT2D eigenvalue weighted by molar-refractivity contribution is 5.66. The zero-order valence-corrected chi connectivity index (χ0v) is 12.1. The second-order valence-electron chi connectivity index (χ2n) is 4.29. The number of aryl methyl sites for hydroxylation is 1. The van der Waals surface area contributed by atoms with Gasteiger partial charge in [0.25, 0.3) is 0 Å². The smallest absolute Gasteiger partial charge is 0.0337 e. The quantitative estimate of drug-likeness (QED) is 0.746. The Kier molecular flexibility index (Phi) is 6.45. The van der Waals surface area contributed by atoms with Crippen molar-refractivity contribution in [2.24, 2.45) is 0 Å². The normalized spacial score (nSPS) is 9.21. The average molecular weight is 253 g/mol. The Morgan fingerprint density at radius 2 is 1.37 bits per heavy atom. The lowest BCUT2D eigenvalue weighted by molar-refractivity contribution is 1.14. The number of allylic oxidation sites excluding steroid dienone is 1. The SMILES string of the molecule is C=CC.CCc1ccc(-c2ccc(NC)cc2)cc1. The van der Waals surface area contributed by atoms with Crippen molar-refractivity contribution in [1.82, 2.24) is 0 Å². The first-order valence-corrected chi connectivity index (χ1v) is 6.69. The summed E-state index contributed by atoms with van der Waals surface area (Å²) < 4.78 is 0. The van der Waals surface area contributed by atoms with Crippen molar-refractivity contribution < 1.29 is 0 Å². The van der Waals surface area contributed by atoms with Crippen LogP contribution >= 0.6 is 0 Å². The molecule has 0 aliphatic carbocycles. The molecule has 0 aliphatic heterocycles. The van der Waals surface area contributed by atoms with Gasteiger partial charge >= 0.3 is 0 Å². The third kappa shape index (κ3) is 4.63. The molecule has 1 heteroatoms. The lowest BCUT2D eigenvalue weighted by Crippen LogP contribution is -1.87. The van der Waals surface area contributed by atoms with Crippen LogP contribution in [0.5, 0.6) is 0 Å². The summed E-state index contributed by atoms with van der Waals surface area (Å²) in [5.74, 6) is 0. The number of nitrogens with one attached hydrogen (secondary N) is 1. The summed E-state index contributed by atoms with van der Waals surface area (Å²) in [5, 5.41) is 3.12. The molecule has 0 amide bonds. The van der Waals surface area contributed by atoms with Gasteiger partial charge < -0.3 is 5.32 Å². The van der Waals surface area contributed by atoms with Crippen LogP contribution in [0, 0.1) is 0 Å².